The molecule has 0 unspecified atom stereocenters. The Morgan fingerprint density at radius 2 is 2.38 bits per heavy atom. The van der Waals surface area contributed by atoms with Crippen LogP contribution in [0.5, 0.6) is 0 Å². The highest BCUT2D eigenvalue weighted by atomic mass is 32.2. The van der Waals surface area contributed by atoms with Crippen molar-refractivity contribution < 1.29 is 9.90 Å². The van der Waals surface area contributed by atoms with E-state index in [1.807, 2.05) is 6.92 Å². The van der Waals surface area contributed by atoms with E-state index in [1.165, 1.54) is 24.0 Å². The standard InChI is InChI=1S/C8H9NO3S/c1-2-13-5-3-6(8(11)12)7(10)9-4-5/h3-4H,2H2,1H3,(H,9,10)(H,11,12). The van der Waals surface area contributed by atoms with Gasteiger partial charge in [-0.1, -0.05) is 6.92 Å². The van der Waals surface area contributed by atoms with Gasteiger partial charge in [0.05, 0.1) is 0 Å². The van der Waals surface area contributed by atoms with E-state index in [0.717, 1.165) is 10.6 Å². The molecule has 5 heteroatoms. The molecule has 2 N–H and O–H groups in total. The van der Waals surface area contributed by atoms with Crippen LogP contribution in [-0.2, 0) is 0 Å². The lowest BCUT2D eigenvalue weighted by molar-refractivity contribution is 0.0694. The first-order valence-corrected chi connectivity index (χ1v) is 4.72. The van der Waals surface area contributed by atoms with Gasteiger partial charge >= 0.3 is 5.97 Å². The van der Waals surface area contributed by atoms with Crippen molar-refractivity contribution in [3.63, 3.8) is 0 Å². The van der Waals surface area contributed by atoms with Gasteiger partial charge < -0.3 is 10.1 Å². The Kier molecular flexibility index (Phi) is 3.13. The number of aromatic nitrogens is 1. The normalized spacial score (nSPS) is 9.92. The van der Waals surface area contributed by atoms with Gasteiger partial charge in [0.25, 0.3) is 5.56 Å². The third kappa shape index (κ3) is 2.35. The Balaban J connectivity index is 3.11. The minimum Gasteiger partial charge on any atom is -0.477 e. The fourth-order valence-corrected chi connectivity index (χ4v) is 1.55. The highest BCUT2D eigenvalue weighted by Crippen LogP contribution is 2.15. The number of hydrogen-bond acceptors (Lipinski definition) is 3. The van der Waals surface area contributed by atoms with Gasteiger partial charge in [-0.3, -0.25) is 4.79 Å². The van der Waals surface area contributed by atoms with Gasteiger partial charge in [0.15, 0.2) is 0 Å². The van der Waals surface area contributed by atoms with Crippen molar-refractivity contribution in [2.45, 2.75) is 11.8 Å². The Labute approximate surface area is 79.0 Å². The summed E-state index contributed by atoms with van der Waals surface area (Å²) in [6.07, 6.45) is 1.52. The lowest BCUT2D eigenvalue weighted by Crippen LogP contribution is -2.16. The maximum absolute atomic E-state index is 11.0. The zero-order valence-corrected chi connectivity index (χ0v) is 7.85. The predicted octanol–water partition coefficient (Wildman–Crippen LogP) is 1.19. The molecule has 4 nitrogen and oxygen atoms in total. The van der Waals surface area contributed by atoms with Crippen LogP contribution >= 0.6 is 11.8 Å². The largest absolute Gasteiger partial charge is 0.477 e. The average molecular weight is 199 g/mol. The number of pyridine rings is 1. The lowest BCUT2D eigenvalue weighted by Gasteiger charge is -1.98. The van der Waals surface area contributed by atoms with Gasteiger partial charge in [0, 0.05) is 11.1 Å². The van der Waals surface area contributed by atoms with E-state index in [4.69, 9.17) is 5.11 Å². The molecule has 0 radical (unpaired) electrons. The summed E-state index contributed by atoms with van der Waals surface area (Å²) in [7, 11) is 0. The van der Waals surface area contributed by atoms with Gasteiger partial charge in [0.1, 0.15) is 5.56 Å². The van der Waals surface area contributed by atoms with Crippen molar-refractivity contribution >= 4 is 17.7 Å². The van der Waals surface area contributed by atoms with Gasteiger partial charge in [-0.2, -0.15) is 0 Å². The number of rotatable bonds is 3. The summed E-state index contributed by atoms with van der Waals surface area (Å²) in [6.45, 7) is 1.95. The van der Waals surface area contributed by atoms with E-state index in [1.54, 1.807) is 0 Å². The van der Waals surface area contributed by atoms with E-state index in [0.29, 0.717) is 0 Å². The highest BCUT2D eigenvalue weighted by Gasteiger charge is 2.08. The molecule has 0 saturated carbocycles. The first-order valence-electron chi connectivity index (χ1n) is 3.74. The fourth-order valence-electron chi connectivity index (χ4n) is 0.873. The molecule has 0 amide bonds. The van der Waals surface area contributed by atoms with Gasteiger partial charge in [-0.25, -0.2) is 4.79 Å². The molecule has 0 bridgehead atoms. The van der Waals surface area contributed by atoms with Crippen LogP contribution < -0.4 is 5.56 Å². The third-order valence-electron chi connectivity index (χ3n) is 1.42. The van der Waals surface area contributed by atoms with Crippen LogP contribution in [0.1, 0.15) is 17.3 Å². The number of carbonyl (C=O) groups is 1. The molecule has 1 aromatic rings. The molecule has 1 rings (SSSR count). The van der Waals surface area contributed by atoms with E-state index < -0.39 is 11.5 Å². The Morgan fingerprint density at radius 1 is 1.69 bits per heavy atom. The molecule has 0 aliphatic heterocycles. The molecule has 0 aliphatic rings. The maximum Gasteiger partial charge on any atom is 0.341 e. The number of aromatic amines is 1. The zero-order valence-electron chi connectivity index (χ0n) is 7.03. The second kappa shape index (κ2) is 4.13. The zero-order chi connectivity index (χ0) is 9.84. The van der Waals surface area contributed by atoms with E-state index in [-0.39, 0.29) is 5.56 Å². The van der Waals surface area contributed by atoms with E-state index in [9.17, 15) is 9.59 Å². The summed E-state index contributed by atoms with van der Waals surface area (Å²) >= 11 is 1.48. The van der Waals surface area contributed by atoms with Crippen LogP contribution in [0.4, 0.5) is 0 Å². The molecule has 0 atom stereocenters. The number of carboxylic acid groups (broad SMARTS) is 1. The van der Waals surface area contributed by atoms with Crippen LogP contribution in [0, 0.1) is 0 Å². The van der Waals surface area contributed by atoms with Crippen molar-refractivity contribution in [3.05, 3.63) is 28.2 Å². The molecule has 0 aliphatic carbocycles. The van der Waals surface area contributed by atoms with Crippen molar-refractivity contribution in [1.29, 1.82) is 0 Å². The molecule has 70 valence electrons. The molecule has 1 heterocycles. The highest BCUT2D eigenvalue weighted by molar-refractivity contribution is 7.99. The number of carboxylic acids is 1. The minimum atomic E-state index is -1.19. The first-order chi connectivity index (χ1) is 6.15. The van der Waals surface area contributed by atoms with Crippen LogP contribution in [0.3, 0.4) is 0 Å². The minimum absolute atomic E-state index is 0.210. The van der Waals surface area contributed by atoms with Gasteiger partial charge in [0.2, 0.25) is 0 Å². The fraction of sp³-hybridized carbons (Fsp3) is 0.250. The first kappa shape index (κ1) is 9.85. The van der Waals surface area contributed by atoms with Crippen LogP contribution in [0.15, 0.2) is 22.0 Å². The number of hydrogen-bond donors (Lipinski definition) is 2. The Bertz CT molecular complexity index is 372. The monoisotopic (exact) mass is 199 g/mol. The topological polar surface area (TPSA) is 70.2 Å². The summed E-state index contributed by atoms with van der Waals surface area (Å²) in [5.74, 6) is -0.356. The molecule has 13 heavy (non-hydrogen) atoms. The molecule has 0 aromatic carbocycles. The molecule has 0 fully saturated rings. The second-order valence-electron chi connectivity index (χ2n) is 2.32. The van der Waals surface area contributed by atoms with Crippen LogP contribution in [0.25, 0.3) is 0 Å². The maximum atomic E-state index is 11.0. The number of H-pyrrole nitrogens is 1. The summed E-state index contributed by atoms with van der Waals surface area (Å²) in [6, 6.07) is 1.38. The van der Waals surface area contributed by atoms with Crippen molar-refractivity contribution in [3.8, 4) is 0 Å². The van der Waals surface area contributed by atoms with Crippen molar-refractivity contribution in [2.75, 3.05) is 5.75 Å². The summed E-state index contributed by atoms with van der Waals surface area (Å²) in [5.41, 5.74) is -0.772. The van der Waals surface area contributed by atoms with Crippen LogP contribution in [-0.4, -0.2) is 21.8 Å². The summed E-state index contributed by atoms with van der Waals surface area (Å²) < 4.78 is 0. The quantitative estimate of drug-likeness (QED) is 0.717. The van der Waals surface area contributed by atoms with E-state index >= 15 is 0 Å². The molecule has 0 saturated heterocycles. The smallest absolute Gasteiger partial charge is 0.341 e. The van der Waals surface area contributed by atoms with Gasteiger partial charge in [-0.15, -0.1) is 11.8 Å². The van der Waals surface area contributed by atoms with E-state index in [2.05, 4.69) is 4.98 Å². The third-order valence-corrected chi connectivity index (χ3v) is 2.28. The van der Waals surface area contributed by atoms with Crippen molar-refractivity contribution in [2.24, 2.45) is 0 Å². The molecular weight excluding hydrogens is 190 g/mol. The number of aromatic carboxylic acids is 1. The van der Waals surface area contributed by atoms with Crippen molar-refractivity contribution in [1.82, 2.24) is 4.98 Å². The Hall–Kier alpha value is -1.23. The average Bonchev–Trinajstić information content (AvgIpc) is 2.08. The Morgan fingerprint density at radius 3 is 2.92 bits per heavy atom. The van der Waals surface area contributed by atoms with Crippen LogP contribution in [0.2, 0.25) is 0 Å². The number of thioether (sulfide) groups is 1. The van der Waals surface area contributed by atoms with Gasteiger partial charge in [-0.05, 0) is 11.8 Å². The molecular formula is C8H9NO3S. The number of nitrogens with one attached hydrogen (secondary N) is 1. The summed E-state index contributed by atoms with van der Waals surface area (Å²) in [4.78, 5) is 24.7. The predicted molar refractivity (Wildman–Crippen MR) is 50.4 cm³/mol. The summed E-state index contributed by atoms with van der Waals surface area (Å²) in [5, 5.41) is 8.63. The SMILES string of the molecule is CCSc1c[nH]c(=O)c(C(=O)O)c1. The molecule has 0 spiro atoms. The molecule has 1 aromatic heterocycles. The lowest BCUT2D eigenvalue weighted by atomic mass is 10.3. The second-order valence-corrected chi connectivity index (χ2v) is 3.65.